The molecule has 2 N–H and O–H groups in total. The first-order valence-electron chi connectivity index (χ1n) is 8.91. The van der Waals surface area contributed by atoms with Gasteiger partial charge in [0, 0.05) is 13.6 Å². The number of hydrogen-bond donors (Lipinski definition) is 2. The second-order valence-electron chi connectivity index (χ2n) is 5.91. The SMILES string of the molecule is CCNC(=NCc1cccc(Oc2ccccc2)c1)NCc1ncnn1C. The number of para-hydroxylation sites is 1. The molecule has 0 saturated heterocycles. The molecule has 0 fully saturated rings. The molecule has 3 aromatic rings. The van der Waals surface area contributed by atoms with Crippen LogP contribution in [0.3, 0.4) is 0 Å². The van der Waals surface area contributed by atoms with Crippen LogP contribution in [0.25, 0.3) is 0 Å². The summed E-state index contributed by atoms with van der Waals surface area (Å²) in [5.41, 5.74) is 1.07. The second kappa shape index (κ2) is 9.38. The van der Waals surface area contributed by atoms with Gasteiger partial charge in [0.15, 0.2) is 5.96 Å². The number of aryl methyl sites for hydroxylation is 1. The molecule has 0 unspecified atom stereocenters. The summed E-state index contributed by atoms with van der Waals surface area (Å²) >= 11 is 0. The number of ether oxygens (including phenoxy) is 1. The van der Waals surface area contributed by atoms with Crippen molar-refractivity contribution in [2.45, 2.75) is 20.0 Å². The van der Waals surface area contributed by atoms with E-state index in [1.165, 1.54) is 0 Å². The van der Waals surface area contributed by atoms with Crippen molar-refractivity contribution in [3.8, 4) is 11.5 Å². The van der Waals surface area contributed by atoms with Crippen LogP contribution in [0.1, 0.15) is 18.3 Å². The summed E-state index contributed by atoms with van der Waals surface area (Å²) in [6.07, 6.45) is 1.54. The molecule has 0 bridgehead atoms. The molecule has 0 radical (unpaired) electrons. The molecule has 1 heterocycles. The van der Waals surface area contributed by atoms with E-state index in [4.69, 9.17) is 4.74 Å². The highest BCUT2D eigenvalue weighted by atomic mass is 16.5. The summed E-state index contributed by atoms with van der Waals surface area (Å²) in [6, 6.07) is 17.7. The van der Waals surface area contributed by atoms with Gasteiger partial charge in [0.25, 0.3) is 0 Å². The number of guanidine groups is 1. The molecule has 0 atom stereocenters. The number of nitrogens with zero attached hydrogens (tertiary/aromatic N) is 4. The van der Waals surface area contributed by atoms with Gasteiger partial charge in [0.2, 0.25) is 0 Å². The Bertz CT molecular complexity index is 875. The topological polar surface area (TPSA) is 76.4 Å². The van der Waals surface area contributed by atoms with Crippen molar-refractivity contribution >= 4 is 5.96 Å². The quantitative estimate of drug-likeness (QED) is 0.498. The molecule has 27 heavy (non-hydrogen) atoms. The van der Waals surface area contributed by atoms with Gasteiger partial charge in [0.1, 0.15) is 23.7 Å². The van der Waals surface area contributed by atoms with Gasteiger partial charge in [-0.25, -0.2) is 9.98 Å². The van der Waals surface area contributed by atoms with Crippen molar-refractivity contribution in [3.63, 3.8) is 0 Å². The lowest BCUT2D eigenvalue weighted by Crippen LogP contribution is -2.37. The van der Waals surface area contributed by atoms with Crippen molar-refractivity contribution in [1.29, 1.82) is 0 Å². The van der Waals surface area contributed by atoms with Gasteiger partial charge in [-0.3, -0.25) is 4.68 Å². The molecule has 0 amide bonds. The smallest absolute Gasteiger partial charge is 0.191 e. The minimum Gasteiger partial charge on any atom is -0.457 e. The number of aliphatic imine (C=N–C) groups is 1. The Morgan fingerprint density at radius 3 is 2.63 bits per heavy atom. The third-order valence-corrected chi connectivity index (χ3v) is 3.86. The van der Waals surface area contributed by atoms with Crippen molar-refractivity contribution < 1.29 is 4.74 Å². The molecule has 2 aromatic carbocycles. The predicted octanol–water partition coefficient (Wildman–Crippen LogP) is 2.86. The molecule has 0 aliphatic carbocycles. The van der Waals surface area contributed by atoms with Crippen molar-refractivity contribution in [3.05, 3.63) is 72.3 Å². The highest BCUT2D eigenvalue weighted by molar-refractivity contribution is 5.79. The van der Waals surface area contributed by atoms with E-state index in [2.05, 4.69) is 25.7 Å². The summed E-state index contributed by atoms with van der Waals surface area (Å²) in [5, 5.41) is 10.6. The van der Waals surface area contributed by atoms with Crippen molar-refractivity contribution in [2.75, 3.05) is 6.54 Å². The lowest BCUT2D eigenvalue weighted by Gasteiger charge is -2.11. The predicted molar refractivity (Wildman–Crippen MR) is 106 cm³/mol. The largest absolute Gasteiger partial charge is 0.457 e. The summed E-state index contributed by atoms with van der Waals surface area (Å²) in [7, 11) is 1.87. The number of hydrogen-bond acceptors (Lipinski definition) is 4. The van der Waals surface area contributed by atoms with Gasteiger partial charge in [-0.05, 0) is 36.8 Å². The fourth-order valence-electron chi connectivity index (χ4n) is 2.49. The molecular formula is C20H24N6O. The fraction of sp³-hybridized carbons (Fsp3) is 0.250. The van der Waals surface area contributed by atoms with Crippen LogP contribution in [0, 0.1) is 0 Å². The zero-order valence-electron chi connectivity index (χ0n) is 15.6. The zero-order chi connectivity index (χ0) is 18.9. The van der Waals surface area contributed by atoms with E-state index in [9.17, 15) is 0 Å². The summed E-state index contributed by atoms with van der Waals surface area (Å²) < 4.78 is 7.62. The normalized spacial score (nSPS) is 11.3. The van der Waals surface area contributed by atoms with Crippen LogP contribution in [-0.2, 0) is 20.1 Å². The summed E-state index contributed by atoms with van der Waals surface area (Å²) in [5.74, 6) is 3.19. The highest BCUT2D eigenvalue weighted by Gasteiger charge is 2.03. The molecule has 0 aliphatic heterocycles. The average Bonchev–Trinajstić information content (AvgIpc) is 3.10. The van der Waals surface area contributed by atoms with Crippen LogP contribution in [0.15, 0.2) is 65.9 Å². The monoisotopic (exact) mass is 364 g/mol. The van der Waals surface area contributed by atoms with E-state index < -0.39 is 0 Å². The summed E-state index contributed by atoms with van der Waals surface area (Å²) in [6.45, 7) is 3.91. The van der Waals surface area contributed by atoms with Crippen LogP contribution in [0.2, 0.25) is 0 Å². The third kappa shape index (κ3) is 5.57. The van der Waals surface area contributed by atoms with E-state index in [1.807, 2.05) is 68.6 Å². The Balaban J connectivity index is 1.63. The molecule has 3 rings (SSSR count). The average molecular weight is 364 g/mol. The molecular weight excluding hydrogens is 340 g/mol. The van der Waals surface area contributed by atoms with Crippen LogP contribution in [-0.4, -0.2) is 27.3 Å². The molecule has 0 spiro atoms. The maximum Gasteiger partial charge on any atom is 0.191 e. The number of nitrogens with one attached hydrogen (secondary N) is 2. The third-order valence-electron chi connectivity index (χ3n) is 3.86. The lowest BCUT2D eigenvalue weighted by molar-refractivity contribution is 0.482. The Morgan fingerprint density at radius 1 is 1.07 bits per heavy atom. The maximum absolute atomic E-state index is 5.89. The van der Waals surface area contributed by atoms with E-state index in [0.29, 0.717) is 13.1 Å². The van der Waals surface area contributed by atoms with E-state index in [-0.39, 0.29) is 0 Å². The fourth-order valence-corrected chi connectivity index (χ4v) is 2.49. The van der Waals surface area contributed by atoms with Crippen molar-refractivity contribution in [2.24, 2.45) is 12.0 Å². The molecule has 0 saturated carbocycles. The first-order chi connectivity index (χ1) is 13.2. The summed E-state index contributed by atoms with van der Waals surface area (Å²) in [4.78, 5) is 8.85. The Labute approximate surface area is 159 Å². The van der Waals surface area contributed by atoms with E-state index >= 15 is 0 Å². The van der Waals surface area contributed by atoms with Gasteiger partial charge in [-0.2, -0.15) is 5.10 Å². The lowest BCUT2D eigenvalue weighted by atomic mass is 10.2. The molecule has 1 aromatic heterocycles. The Kier molecular flexibility index (Phi) is 6.40. The molecule has 7 heteroatoms. The minimum atomic E-state index is 0.542. The molecule has 7 nitrogen and oxygen atoms in total. The second-order valence-corrected chi connectivity index (χ2v) is 5.91. The van der Waals surface area contributed by atoms with Gasteiger partial charge in [0.05, 0.1) is 13.1 Å². The van der Waals surface area contributed by atoms with Gasteiger partial charge >= 0.3 is 0 Å². The van der Waals surface area contributed by atoms with Gasteiger partial charge in [-0.15, -0.1) is 0 Å². The minimum absolute atomic E-state index is 0.542. The van der Waals surface area contributed by atoms with E-state index in [1.54, 1.807) is 11.0 Å². The first kappa shape index (κ1) is 18.4. The Hall–Kier alpha value is -3.35. The molecule has 0 aliphatic rings. The molecule has 140 valence electrons. The van der Waals surface area contributed by atoms with E-state index in [0.717, 1.165) is 35.4 Å². The zero-order valence-corrected chi connectivity index (χ0v) is 15.6. The van der Waals surface area contributed by atoms with Gasteiger partial charge in [-0.1, -0.05) is 30.3 Å². The van der Waals surface area contributed by atoms with Crippen LogP contribution >= 0.6 is 0 Å². The first-order valence-corrected chi connectivity index (χ1v) is 8.91. The van der Waals surface area contributed by atoms with Crippen LogP contribution in [0.4, 0.5) is 0 Å². The van der Waals surface area contributed by atoms with Crippen molar-refractivity contribution in [1.82, 2.24) is 25.4 Å². The number of aromatic nitrogens is 3. The van der Waals surface area contributed by atoms with Crippen LogP contribution in [0.5, 0.6) is 11.5 Å². The number of benzene rings is 2. The van der Waals surface area contributed by atoms with Crippen LogP contribution < -0.4 is 15.4 Å². The highest BCUT2D eigenvalue weighted by Crippen LogP contribution is 2.22. The van der Waals surface area contributed by atoms with Gasteiger partial charge < -0.3 is 15.4 Å². The maximum atomic E-state index is 5.89. The number of rotatable bonds is 7. The Morgan fingerprint density at radius 2 is 1.89 bits per heavy atom. The standard InChI is InChI=1S/C20H24N6O/c1-3-21-20(23-14-19-24-15-25-26(19)2)22-13-16-8-7-11-18(12-16)27-17-9-5-4-6-10-17/h4-12,15H,3,13-14H2,1-2H3,(H2,21,22,23).